The van der Waals surface area contributed by atoms with E-state index in [1.807, 2.05) is 12.1 Å². The van der Waals surface area contributed by atoms with E-state index in [2.05, 4.69) is 22.4 Å². The highest BCUT2D eigenvalue weighted by atomic mass is 32.2. The number of benzene rings is 1. The lowest BCUT2D eigenvalue weighted by Gasteiger charge is -2.32. The molecule has 1 amide bonds. The molecule has 1 atom stereocenters. The minimum atomic E-state index is -3.40. The van der Waals surface area contributed by atoms with E-state index < -0.39 is 16.1 Å². The SMILES string of the molecule is CS(=O)(=O)N1CCCCC1C(=O)Nc1nc2c(s1)CCc1ccccc1-2. The number of hydrogen-bond acceptors (Lipinski definition) is 5. The van der Waals surface area contributed by atoms with Gasteiger partial charge in [-0.25, -0.2) is 13.4 Å². The molecule has 0 spiro atoms. The minimum absolute atomic E-state index is 0.283. The third-order valence-corrected chi connectivity index (χ3v) is 7.32. The van der Waals surface area contributed by atoms with Gasteiger partial charge in [-0.3, -0.25) is 4.79 Å². The Kier molecular flexibility index (Phi) is 4.58. The summed E-state index contributed by atoms with van der Waals surface area (Å²) in [5.74, 6) is -0.283. The van der Waals surface area contributed by atoms with Gasteiger partial charge in [-0.05, 0) is 31.2 Å². The molecule has 1 unspecified atom stereocenters. The van der Waals surface area contributed by atoms with Gasteiger partial charge in [0, 0.05) is 17.0 Å². The fourth-order valence-corrected chi connectivity index (χ4v) is 5.86. The summed E-state index contributed by atoms with van der Waals surface area (Å²) in [6, 6.07) is 7.55. The summed E-state index contributed by atoms with van der Waals surface area (Å²) in [5.41, 5.74) is 3.34. The Morgan fingerprint density at radius 2 is 2.08 bits per heavy atom. The van der Waals surface area contributed by atoms with E-state index >= 15 is 0 Å². The van der Waals surface area contributed by atoms with Crippen LogP contribution in [0.25, 0.3) is 11.3 Å². The number of nitrogens with zero attached hydrogens (tertiary/aromatic N) is 2. The van der Waals surface area contributed by atoms with Crippen molar-refractivity contribution >= 4 is 32.4 Å². The molecule has 1 aliphatic carbocycles. The molecular weight excluding hydrogens is 370 g/mol. The van der Waals surface area contributed by atoms with Crippen LogP contribution in [0.1, 0.15) is 29.7 Å². The predicted molar refractivity (Wildman–Crippen MR) is 103 cm³/mol. The van der Waals surface area contributed by atoms with Crippen molar-refractivity contribution < 1.29 is 13.2 Å². The highest BCUT2D eigenvalue weighted by Crippen LogP contribution is 2.38. The Balaban J connectivity index is 1.57. The molecule has 1 fully saturated rings. The first kappa shape index (κ1) is 17.6. The highest BCUT2D eigenvalue weighted by molar-refractivity contribution is 7.88. The Bertz CT molecular complexity index is 952. The van der Waals surface area contributed by atoms with Gasteiger partial charge in [0.05, 0.1) is 11.9 Å². The van der Waals surface area contributed by atoms with Gasteiger partial charge >= 0.3 is 0 Å². The molecule has 1 aromatic heterocycles. The van der Waals surface area contributed by atoms with Crippen LogP contribution < -0.4 is 5.32 Å². The number of aromatic nitrogens is 1. The number of thiazole rings is 1. The largest absolute Gasteiger partial charge is 0.301 e. The standard InChI is InChI=1S/C18H21N3O3S2/c1-26(23,24)21-11-5-4-8-14(21)17(22)20-18-19-16-13-7-3-2-6-12(13)9-10-15(16)25-18/h2-3,6-7,14H,4-5,8-11H2,1H3,(H,19,20,22). The maximum Gasteiger partial charge on any atom is 0.244 e. The van der Waals surface area contributed by atoms with Gasteiger partial charge < -0.3 is 5.32 Å². The molecule has 1 N–H and O–H groups in total. The second-order valence-electron chi connectivity index (χ2n) is 6.82. The number of sulfonamides is 1. The number of nitrogens with one attached hydrogen (secondary N) is 1. The van der Waals surface area contributed by atoms with Gasteiger partial charge in [0.2, 0.25) is 15.9 Å². The van der Waals surface area contributed by atoms with Crippen LogP contribution in [0.15, 0.2) is 24.3 Å². The molecule has 1 aromatic carbocycles. The quantitative estimate of drug-likeness (QED) is 0.872. The zero-order chi connectivity index (χ0) is 18.3. The first-order valence-electron chi connectivity index (χ1n) is 8.79. The molecule has 0 saturated carbocycles. The zero-order valence-electron chi connectivity index (χ0n) is 14.6. The van der Waals surface area contributed by atoms with E-state index in [4.69, 9.17) is 0 Å². The molecule has 26 heavy (non-hydrogen) atoms. The van der Waals surface area contributed by atoms with Crippen LogP contribution in [0.2, 0.25) is 0 Å². The van der Waals surface area contributed by atoms with E-state index in [0.29, 0.717) is 18.1 Å². The van der Waals surface area contributed by atoms with Crippen molar-refractivity contribution in [3.05, 3.63) is 34.7 Å². The van der Waals surface area contributed by atoms with Gasteiger partial charge in [-0.1, -0.05) is 30.7 Å². The molecule has 4 rings (SSSR count). The Labute approximate surface area is 157 Å². The summed E-state index contributed by atoms with van der Waals surface area (Å²) in [6.45, 7) is 0.401. The highest BCUT2D eigenvalue weighted by Gasteiger charge is 2.35. The Hall–Kier alpha value is -1.77. The molecule has 2 heterocycles. The van der Waals surface area contributed by atoms with Crippen LogP contribution in [-0.4, -0.2) is 42.5 Å². The summed E-state index contributed by atoms with van der Waals surface area (Å²) >= 11 is 1.49. The molecule has 8 heteroatoms. The number of rotatable bonds is 3. The van der Waals surface area contributed by atoms with Crippen molar-refractivity contribution in [2.45, 2.75) is 38.1 Å². The average molecular weight is 392 g/mol. The number of piperidine rings is 1. The van der Waals surface area contributed by atoms with Gasteiger partial charge in [0.1, 0.15) is 6.04 Å². The molecule has 6 nitrogen and oxygen atoms in total. The lowest BCUT2D eigenvalue weighted by molar-refractivity contribution is -0.120. The number of amides is 1. The summed E-state index contributed by atoms with van der Waals surface area (Å²) in [4.78, 5) is 18.5. The van der Waals surface area contributed by atoms with E-state index in [9.17, 15) is 13.2 Å². The predicted octanol–water partition coefficient (Wildman–Crippen LogP) is 2.66. The van der Waals surface area contributed by atoms with Crippen molar-refractivity contribution in [3.63, 3.8) is 0 Å². The van der Waals surface area contributed by atoms with Crippen LogP contribution in [0.3, 0.4) is 0 Å². The maximum absolute atomic E-state index is 12.7. The number of hydrogen-bond donors (Lipinski definition) is 1. The fraction of sp³-hybridized carbons (Fsp3) is 0.444. The lowest BCUT2D eigenvalue weighted by atomic mass is 9.94. The molecule has 1 aliphatic heterocycles. The monoisotopic (exact) mass is 391 g/mol. The zero-order valence-corrected chi connectivity index (χ0v) is 16.2. The Morgan fingerprint density at radius 3 is 2.88 bits per heavy atom. The second kappa shape index (κ2) is 6.75. The van der Waals surface area contributed by atoms with Crippen LogP contribution in [0.5, 0.6) is 0 Å². The van der Waals surface area contributed by atoms with Gasteiger partial charge in [-0.15, -0.1) is 11.3 Å². The first-order chi connectivity index (χ1) is 12.4. The van der Waals surface area contributed by atoms with Crippen molar-refractivity contribution in [3.8, 4) is 11.3 Å². The number of aryl methyl sites for hydroxylation is 2. The molecule has 0 radical (unpaired) electrons. The Morgan fingerprint density at radius 1 is 1.27 bits per heavy atom. The smallest absolute Gasteiger partial charge is 0.244 e. The van der Waals surface area contributed by atoms with Crippen molar-refractivity contribution in [2.75, 3.05) is 18.1 Å². The summed E-state index contributed by atoms with van der Waals surface area (Å²) in [7, 11) is -3.40. The van der Waals surface area contributed by atoms with Gasteiger partial charge in [-0.2, -0.15) is 4.31 Å². The second-order valence-corrected chi connectivity index (χ2v) is 9.84. The molecule has 1 saturated heterocycles. The molecule has 138 valence electrons. The number of fused-ring (bicyclic) bond motifs is 3. The van der Waals surface area contributed by atoms with Crippen LogP contribution >= 0.6 is 11.3 Å². The molecule has 2 aromatic rings. The van der Waals surface area contributed by atoms with Crippen LogP contribution in [0.4, 0.5) is 5.13 Å². The van der Waals surface area contributed by atoms with Crippen LogP contribution in [0, 0.1) is 0 Å². The number of carbonyl (C=O) groups is 1. The third kappa shape index (κ3) is 3.28. The summed E-state index contributed by atoms with van der Waals surface area (Å²) in [6.07, 6.45) is 5.25. The topological polar surface area (TPSA) is 79.4 Å². The van der Waals surface area contributed by atoms with Crippen molar-refractivity contribution in [2.24, 2.45) is 0 Å². The van der Waals surface area contributed by atoms with Crippen LogP contribution in [-0.2, 0) is 27.7 Å². The van der Waals surface area contributed by atoms with E-state index in [1.54, 1.807) is 0 Å². The molecule has 2 aliphatic rings. The lowest BCUT2D eigenvalue weighted by Crippen LogP contribution is -2.49. The number of carbonyl (C=O) groups excluding carboxylic acids is 1. The number of anilines is 1. The van der Waals surface area contributed by atoms with Gasteiger partial charge in [0.25, 0.3) is 0 Å². The fourth-order valence-electron chi connectivity index (χ4n) is 3.76. The minimum Gasteiger partial charge on any atom is -0.301 e. The van der Waals surface area contributed by atoms with E-state index in [1.165, 1.54) is 26.1 Å². The first-order valence-corrected chi connectivity index (χ1v) is 11.5. The molecular formula is C18H21N3O3S2. The van der Waals surface area contributed by atoms with Gasteiger partial charge in [0.15, 0.2) is 5.13 Å². The van der Waals surface area contributed by atoms with E-state index in [-0.39, 0.29) is 5.91 Å². The van der Waals surface area contributed by atoms with Crippen molar-refractivity contribution in [1.29, 1.82) is 0 Å². The third-order valence-electron chi connectivity index (χ3n) is 5.00. The normalized spacial score (nSPS) is 20.3. The van der Waals surface area contributed by atoms with Crippen molar-refractivity contribution in [1.82, 2.24) is 9.29 Å². The summed E-state index contributed by atoms with van der Waals surface area (Å²) < 4.78 is 25.3. The van der Waals surface area contributed by atoms with E-state index in [0.717, 1.165) is 43.2 Å². The molecule has 0 bridgehead atoms. The average Bonchev–Trinajstić information content (AvgIpc) is 3.04. The summed E-state index contributed by atoms with van der Waals surface area (Å²) in [5, 5.41) is 3.42. The maximum atomic E-state index is 12.7.